The van der Waals surface area contributed by atoms with E-state index in [0.29, 0.717) is 12.8 Å². The van der Waals surface area contributed by atoms with Gasteiger partial charge in [-0.2, -0.15) is 0 Å². The van der Waals surface area contributed by atoms with Gasteiger partial charge in [0.1, 0.15) is 12.4 Å². The summed E-state index contributed by atoms with van der Waals surface area (Å²) >= 11 is 0. The molecule has 4 amide bonds. The monoisotopic (exact) mass is 345 g/mol. The molecule has 8 heteroatoms. The molecule has 1 aromatic rings. The molecule has 0 bridgehead atoms. The van der Waals surface area contributed by atoms with Crippen LogP contribution in [0.3, 0.4) is 0 Å². The molecule has 25 heavy (non-hydrogen) atoms. The summed E-state index contributed by atoms with van der Waals surface area (Å²) < 4.78 is 13.5. The molecule has 0 spiro atoms. The van der Waals surface area contributed by atoms with Crippen LogP contribution in [0.25, 0.3) is 0 Å². The van der Waals surface area contributed by atoms with E-state index in [9.17, 15) is 23.6 Å². The second-order valence-electron chi connectivity index (χ2n) is 5.90. The lowest BCUT2D eigenvalue weighted by atomic mass is 9.85. The lowest BCUT2D eigenvalue weighted by Crippen LogP contribution is -2.48. The minimum Gasteiger partial charge on any atom is -0.274 e. The summed E-state index contributed by atoms with van der Waals surface area (Å²) in [5.74, 6) is -3.89. The van der Waals surface area contributed by atoms with E-state index in [0.717, 1.165) is 11.0 Å². The first kappa shape index (κ1) is 16.8. The Labute approximate surface area is 142 Å². The van der Waals surface area contributed by atoms with Crippen molar-refractivity contribution in [3.8, 4) is 0 Å². The molecule has 3 rings (SSSR count). The SMILES string of the molecule is O=C(CN1C(=O)[C@H]2CC=CC[C@H]2C1=O)NNC(=O)c1ccccc1F. The lowest BCUT2D eigenvalue weighted by molar-refractivity contribution is -0.143. The quantitative estimate of drug-likeness (QED) is 0.475. The van der Waals surface area contributed by atoms with Gasteiger partial charge in [0.2, 0.25) is 11.8 Å². The Morgan fingerprint density at radius 2 is 1.64 bits per heavy atom. The highest BCUT2D eigenvalue weighted by atomic mass is 19.1. The fraction of sp³-hybridized carbons (Fsp3) is 0.294. The van der Waals surface area contributed by atoms with Gasteiger partial charge in [-0.15, -0.1) is 0 Å². The number of amides is 4. The maximum Gasteiger partial charge on any atom is 0.272 e. The number of rotatable bonds is 3. The molecule has 2 atom stereocenters. The second-order valence-corrected chi connectivity index (χ2v) is 5.90. The molecule has 0 unspecified atom stereocenters. The standard InChI is InChI=1S/C17H16FN3O4/c18-13-8-4-3-7-12(13)15(23)20-19-14(22)9-21-16(24)10-5-1-2-6-11(10)17(21)25/h1-4,7-8,10-11H,5-6,9H2,(H,19,22)(H,20,23)/t10-,11+. The molecule has 2 N–H and O–H groups in total. The summed E-state index contributed by atoms with van der Waals surface area (Å²) in [6, 6.07) is 5.30. The Kier molecular flexibility index (Phi) is 4.60. The van der Waals surface area contributed by atoms with Crippen molar-refractivity contribution >= 4 is 23.6 Å². The van der Waals surface area contributed by atoms with E-state index in [4.69, 9.17) is 0 Å². The van der Waals surface area contributed by atoms with Gasteiger partial charge in [0.15, 0.2) is 0 Å². The Morgan fingerprint density at radius 3 is 2.24 bits per heavy atom. The first-order chi connectivity index (χ1) is 12.0. The summed E-state index contributed by atoms with van der Waals surface area (Å²) in [6.07, 6.45) is 4.67. The summed E-state index contributed by atoms with van der Waals surface area (Å²) in [6.45, 7) is -0.484. The number of allylic oxidation sites excluding steroid dienone is 2. The number of hydrogen-bond acceptors (Lipinski definition) is 4. The van der Waals surface area contributed by atoms with Gasteiger partial charge in [-0.3, -0.25) is 34.9 Å². The second kappa shape index (κ2) is 6.84. The van der Waals surface area contributed by atoms with Crippen LogP contribution in [0.2, 0.25) is 0 Å². The van der Waals surface area contributed by atoms with Crippen LogP contribution in [0.5, 0.6) is 0 Å². The molecule has 2 aliphatic rings. The van der Waals surface area contributed by atoms with Crippen LogP contribution >= 0.6 is 0 Å². The van der Waals surface area contributed by atoms with Gasteiger partial charge in [-0.25, -0.2) is 4.39 Å². The van der Waals surface area contributed by atoms with Gasteiger partial charge < -0.3 is 0 Å². The number of hydrazine groups is 1. The summed E-state index contributed by atoms with van der Waals surface area (Å²) in [4.78, 5) is 49.2. The van der Waals surface area contributed by atoms with E-state index in [1.54, 1.807) is 0 Å². The molecule has 1 aliphatic heterocycles. The average molecular weight is 345 g/mol. The van der Waals surface area contributed by atoms with E-state index >= 15 is 0 Å². The highest BCUT2D eigenvalue weighted by molar-refractivity contribution is 6.07. The van der Waals surface area contributed by atoms with Crippen molar-refractivity contribution in [1.82, 2.24) is 15.8 Å². The number of hydrogen-bond donors (Lipinski definition) is 2. The van der Waals surface area contributed by atoms with Crippen molar-refractivity contribution in [2.45, 2.75) is 12.8 Å². The number of carbonyl (C=O) groups is 4. The molecule has 7 nitrogen and oxygen atoms in total. The fourth-order valence-electron chi connectivity index (χ4n) is 3.05. The van der Waals surface area contributed by atoms with Gasteiger partial charge in [0, 0.05) is 0 Å². The third-order valence-corrected chi connectivity index (χ3v) is 4.33. The maximum atomic E-state index is 13.5. The van der Waals surface area contributed by atoms with Crippen LogP contribution < -0.4 is 10.9 Å². The lowest BCUT2D eigenvalue weighted by Gasteiger charge is -2.14. The first-order valence-corrected chi connectivity index (χ1v) is 7.83. The molecular formula is C17H16FN3O4. The molecule has 1 fully saturated rings. The average Bonchev–Trinajstić information content (AvgIpc) is 2.85. The number of halogens is 1. The summed E-state index contributed by atoms with van der Waals surface area (Å²) in [5, 5.41) is 0. The minimum atomic E-state index is -0.830. The molecule has 1 heterocycles. The predicted octanol–water partition coefficient (Wildman–Crippen LogP) is 0.538. The van der Waals surface area contributed by atoms with Gasteiger partial charge >= 0.3 is 0 Å². The smallest absolute Gasteiger partial charge is 0.272 e. The highest BCUT2D eigenvalue weighted by Crippen LogP contribution is 2.34. The molecule has 130 valence electrons. The number of imide groups is 1. The van der Waals surface area contributed by atoms with Crippen molar-refractivity contribution in [2.24, 2.45) is 11.8 Å². The van der Waals surface area contributed by atoms with E-state index < -0.39 is 36.0 Å². The third-order valence-electron chi connectivity index (χ3n) is 4.33. The molecule has 0 radical (unpaired) electrons. The zero-order chi connectivity index (χ0) is 18.0. The number of likely N-dealkylation sites (tertiary alicyclic amines) is 1. The van der Waals surface area contributed by atoms with Gasteiger partial charge in [0.25, 0.3) is 11.8 Å². The van der Waals surface area contributed by atoms with E-state index in [1.807, 2.05) is 12.2 Å². The van der Waals surface area contributed by atoms with Crippen LogP contribution in [0.4, 0.5) is 4.39 Å². The molecule has 0 saturated carbocycles. The Bertz CT molecular complexity index is 751. The van der Waals surface area contributed by atoms with Crippen molar-refractivity contribution < 1.29 is 23.6 Å². The molecule has 1 saturated heterocycles. The topological polar surface area (TPSA) is 95.6 Å². The van der Waals surface area contributed by atoms with Gasteiger partial charge in [-0.1, -0.05) is 24.3 Å². The fourth-order valence-corrected chi connectivity index (χ4v) is 3.05. The zero-order valence-electron chi connectivity index (χ0n) is 13.2. The third kappa shape index (κ3) is 3.28. The number of benzene rings is 1. The normalized spacial score (nSPS) is 21.9. The van der Waals surface area contributed by atoms with Crippen molar-refractivity contribution in [3.63, 3.8) is 0 Å². The van der Waals surface area contributed by atoms with Gasteiger partial charge in [-0.05, 0) is 25.0 Å². The van der Waals surface area contributed by atoms with Crippen LogP contribution in [-0.4, -0.2) is 35.1 Å². The van der Waals surface area contributed by atoms with E-state index in [-0.39, 0.29) is 17.4 Å². The zero-order valence-corrected chi connectivity index (χ0v) is 13.2. The first-order valence-electron chi connectivity index (χ1n) is 7.83. The largest absolute Gasteiger partial charge is 0.274 e. The van der Waals surface area contributed by atoms with Crippen LogP contribution in [0.15, 0.2) is 36.4 Å². The van der Waals surface area contributed by atoms with E-state index in [2.05, 4.69) is 10.9 Å². The van der Waals surface area contributed by atoms with Gasteiger partial charge in [0.05, 0.1) is 17.4 Å². The molecule has 0 aromatic heterocycles. The number of nitrogens with zero attached hydrogens (tertiary/aromatic N) is 1. The highest BCUT2D eigenvalue weighted by Gasteiger charge is 2.47. The Balaban J connectivity index is 1.56. The predicted molar refractivity (Wildman–Crippen MR) is 84.1 cm³/mol. The molecular weight excluding hydrogens is 329 g/mol. The molecule has 1 aliphatic carbocycles. The Morgan fingerprint density at radius 1 is 1.04 bits per heavy atom. The van der Waals surface area contributed by atoms with Crippen LogP contribution in [-0.2, 0) is 14.4 Å². The van der Waals surface area contributed by atoms with Crippen molar-refractivity contribution in [2.75, 3.05) is 6.54 Å². The number of nitrogens with one attached hydrogen (secondary N) is 2. The minimum absolute atomic E-state index is 0.229. The van der Waals surface area contributed by atoms with Crippen LogP contribution in [0.1, 0.15) is 23.2 Å². The summed E-state index contributed by atoms with van der Waals surface area (Å²) in [5.41, 5.74) is 3.93. The van der Waals surface area contributed by atoms with Crippen molar-refractivity contribution in [3.05, 3.63) is 47.8 Å². The van der Waals surface area contributed by atoms with Crippen molar-refractivity contribution in [1.29, 1.82) is 0 Å². The number of fused-ring (bicyclic) bond motifs is 1. The summed E-state index contributed by atoms with van der Waals surface area (Å²) in [7, 11) is 0. The maximum absolute atomic E-state index is 13.5. The van der Waals surface area contributed by atoms with E-state index in [1.165, 1.54) is 18.2 Å². The number of carbonyl (C=O) groups excluding carboxylic acids is 4. The van der Waals surface area contributed by atoms with Crippen LogP contribution in [0, 0.1) is 17.7 Å². The Hall–Kier alpha value is -3.03. The molecule has 1 aromatic carbocycles.